The third-order valence-electron chi connectivity index (χ3n) is 2.31. The van der Waals surface area contributed by atoms with Gasteiger partial charge in [0.15, 0.2) is 0 Å². The number of aliphatic hydroxyl groups excluding tert-OH is 1. The summed E-state index contributed by atoms with van der Waals surface area (Å²) in [4.78, 5) is 11.3. The van der Waals surface area contributed by atoms with Crippen LogP contribution in [0.2, 0.25) is 0 Å². The van der Waals surface area contributed by atoms with Crippen LogP contribution in [0.4, 0.5) is 0 Å². The topological polar surface area (TPSA) is 62.5 Å². The van der Waals surface area contributed by atoms with Crippen LogP contribution in [0.15, 0.2) is 39.2 Å². The maximum Gasteiger partial charge on any atom is 0.244 e. The zero-order valence-electron chi connectivity index (χ0n) is 9.52. The lowest BCUT2D eigenvalue weighted by molar-refractivity contribution is -0.116. The predicted octanol–water partition coefficient (Wildman–Crippen LogP) is 2.32. The van der Waals surface area contributed by atoms with Crippen molar-refractivity contribution in [2.75, 3.05) is 13.2 Å². The summed E-state index contributed by atoms with van der Waals surface area (Å²) < 4.78 is 6.52. The molecule has 0 bridgehead atoms. The van der Waals surface area contributed by atoms with Gasteiger partial charge in [-0.3, -0.25) is 4.79 Å². The molecule has 4 nitrogen and oxygen atoms in total. The molecular weight excluding hydrogens is 298 g/mol. The minimum atomic E-state index is -0.259. The van der Waals surface area contributed by atoms with Crippen molar-refractivity contribution in [3.05, 3.63) is 40.6 Å². The first-order chi connectivity index (χ1) is 8.69. The molecule has 1 aromatic carbocycles. The summed E-state index contributed by atoms with van der Waals surface area (Å²) >= 11 is 3.38. The van der Waals surface area contributed by atoms with Crippen LogP contribution in [0.25, 0.3) is 17.0 Å². The van der Waals surface area contributed by atoms with Crippen molar-refractivity contribution in [2.45, 2.75) is 0 Å². The smallest absolute Gasteiger partial charge is 0.244 e. The number of hydrogen-bond acceptors (Lipinski definition) is 3. The van der Waals surface area contributed by atoms with Crippen molar-refractivity contribution in [1.29, 1.82) is 0 Å². The van der Waals surface area contributed by atoms with Crippen molar-refractivity contribution in [2.24, 2.45) is 0 Å². The van der Waals surface area contributed by atoms with Gasteiger partial charge in [-0.05, 0) is 30.3 Å². The highest BCUT2D eigenvalue weighted by Crippen LogP contribution is 2.23. The number of aliphatic hydroxyl groups is 1. The van der Waals surface area contributed by atoms with Crippen molar-refractivity contribution in [1.82, 2.24) is 5.32 Å². The number of benzene rings is 1. The van der Waals surface area contributed by atoms with Crippen LogP contribution in [0.3, 0.4) is 0 Å². The van der Waals surface area contributed by atoms with Gasteiger partial charge in [0.25, 0.3) is 0 Å². The molecule has 0 atom stereocenters. The van der Waals surface area contributed by atoms with Gasteiger partial charge >= 0.3 is 0 Å². The molecule has 2 rings (SSSR count). The summed E-state index contributed by atoms with van der Waals surface area (Å²) in [7, 11) is 0. The third kappa shape index (κ3) is 3.21. The Morgan fingerprint density at radius 2 is 2.28 bits per heavy atom. The zero-order valence-corrected chi connectivity index (χ0v) is 11.1. The Morgan fingerprint density at radius 1 is 1.44 bits per heavy atom. The van der Waals surface area contributed by atoms with Gasteiger partial charge in [-0.2, -0.15) is 0 Å². The van der Waals surface area contributed by atoms with Gasteiger partial charge in [-0.1, -0.05) is 15.9 Å². The van der Waals surface area contributed by atoms with E-state index in [1.54, 1.807) is 6.08 Å². The van der Waals surface area contributed by atoms with E-state index >= 15 is 0 Å². The van der Waals surface area contributed by atoms with Crippen LogP contribution in [0.5, 0.6) is 0 Å². The molecule has 1 amide bonds. The number of rotatable bonds is 4. The second-order valence-corrected chi connectivity index (χ2v) is 4.59. The summed E-state index contributed by atoms with van der Waals surface area (Å²) in [6, 6.07) is 7.56. The van der Waals surface area contributed by atoms with Crippen molar-refractivity contribution in [3.8, 4) is 0 Å². The van der Waals surface area contributed by atoms with Gasteiger partial charge < -0.3 is 14.8 Å². The highest BCUT2D eigenvalue weighted by atomic mass is 79.9. The number of nitrogens with one attached hydrogen (secondary N) is 1. The SMILES string of the molecule is O=C(/C=C/c1cc2cc(Br)ccc2o1)NCCO. The summed E-state index contributed by atoms with van der Waals surface area (Å²) in [5.74, 6) is 0.355. The molecule has 5 heteroatoms. The third-order valence-corrected chi connectivity index (χ3v) is 2.80. The number of fused-ring (bicyclic) bond motifs is 1. The summed E-state index contributed by atoms with van der Waals surface area (Å²) in [5, 5.41) is 12.1. The van der Waals surface area contributed by atoms with Gasteiger partial charge in [-0.25, -0.2) is 0 Å². The van der Waals surface area contributed by atoms with Crippen molar-refractivity contribution < 1.29 is 14.3 Å². The number of hydrogen-bond donors (Lipinski definition) is 2. The van der Waals surface area contributed by atoms with Crippen LogP contribution < -0.4 is 5.32 Å². The first-order valence-corrected chi connectivity index (χ1v) is 6.24. The second kappa shape index (κ2) is 5.84. The summed E-state index contributed by atoms with van der Waals surface area (Å²) in [5.41, 5.74) is 0.772. The van der Waals surface area contributed by atoms with Gasteiger partial charge in [0.1, 0.15) is 11.3 Å². The second-order valence-electron chi connectivity index (χ2n) is 3.68. The highest BCUT2D eigenvalue weighted by Gasteiger charge is 2.02. The molecule has 0 spiro atoms. The fourth-order valence-electron chi connectivity index (χ4n) is 1.51. The normalized spacial score (nSPS) is 11.2. The first kappa shape index (κ1) is 12.9. The molecule has 1 aromatic heterocycles. The standard InChI is InChI=1S/C13H12BrNO3/c14-10-1-3-12-9(7-10)8-11(18-12)2-4-13(17)15-5-6-16/h1-4,7-8,16H,5-6H2,(H,15,17)/b4-2+. The average Bonchev–Trinajstić information content (AvgIpc) is 2.75. The Morgan fingerprint density at radius 3 is 3.06 bits per heavy atom. The number of halogens is 1. The Bertz CT molecular complexity index is 589. The molecule has 0 aliphatic heterocycles. The Hall–Kier alpha value is -1.59. The molecule has 94 valence electrons. The molecule has 2 N–H and O–H groups in total. The molecule has 18 heavy (non-hydrogen) atoms. The van der Waals surface area contributed by atoms with Crippen LogP contribution in [0, 0.1) is 0 Å². The predicted molar refractivity (Wildman–Crippen MR) is 73.0 cm³/mol. The van der Waals surface area contributed by atoms with Gasteiger partial charge in [-0.15, -0.1) is 0 Å². The van der Waals surface area contributed by atoms with E-state index in [1.165, 1.54) is 6.08 Å². The molecule has 2 aromatic rings. The molecule has 0 fully saturated rings. The van der Waals surface area contributed by atoms with E-state index < -0.39 is 0 Å². The lowest BCUT2D eigenvalue weighted by Crippen LogP contribution is -2.24. The fourth-order valence-corrected chi connectivity index (χ4v) is 1.89. The quantitative estimate of drug-likeness (QED) is 0.852. The molecule has 0 radical (unpaired) electrons. The van der Waals surface area contributed by atoms with Crippen LogP contribution in [-0.2, 0) is 4.79 Å². The van der Waals surface area contributed by atoms with Crippen LogP contribution >= 0.6 is 15.9 Å². The molecule has 0 aliphatic rings. The molecule has 0 saturated heterocycles. The maximum absolute atomic E-state index is 11.3. The van der Waals surface area contributed by atoms with Gasteiger partial charge in [0.05, 0.1) is 6.61 Å². The molecule has 0 aliphatic carbocycles. The Balaban J connectivity index is 2.12. The van der Waals surface area contributed by atoms with E-state index in [4.69, 9.17) is 9.52 Å². The monoisotopic (exact) mass is 309 g/mol. The fraction of sp³-hybridized carbons (Fsp3) is 0.154. The van der Waals surface area contributed by atoms with E-state index in [9.17, 15) is 4.79 Å². The number of amides is 1. The molecule has 0 unspecified atom stereocenters. The largest absolute Gasteiger partial charge is 0.457 e. The first-order valence-electron chi connectivity index (χ1n) is 5.45. The molecule has 1 heterocycles. The van der Waals surface area contributed by atoms with E-state index in [2.05, 4.69) is 21.2 Å². The Labute approximate surface area is 112 Å². The van der Waals surface area contributed by atoms with Gasteiger partial charge in [0, 0.05) is 22.5 Å². The highest BCUT2D eigenvalue weighted by molar-refractivity contribution is 9.10. The number of carbonyl (C=O) groups excluding carboxylic acids is 1. The molecular formula is C13H12BrNO3. The molecule has 0 saturated carbocycles. The van der Waals surface area contributed by atoms with Gasteiger partial charge in [0.2, 0.25) is 5.91 Å². The minimum absolute atomic E-state index is 0.0712. The summed E-state index contributed by atoms with van der Waals surface area (Å²) in [6.45, 7) is 0.175. The number of furan rings is 1. The van der Waals surface area contributed by atoms with Crippen molar-refractivity contribution in [3.63, 3.8) is 0 Å². The van der Waals surface area contributed by atoms with E-state index in [-0.39, 0.29) is 19.1 Å². The lowest BCUT2D eigenvalue weighted by Gasteiger charge is -1.95. The minimum Gasteiger partial charge on any atom is -0.457 e. The average molecular weight is 310 g/mol. The van der Waals surface area contributed by atoms with E-state index in [1.807, 2.05) is 24.3 Å². The van der Waals surface area contributed by atoms with Crippen molar-refractivity contribution >= 4 is 38.9 Å². The lowest BCUT2D eigenvalue weighted by atomic mass is 10.2. The number of carbonyl (C=O) groups is 1. The van der Waals surface area contributed by atoms with E-state index in [0.717, 1.165) is 15.4 Å². The van der Waals surface area contributed by atoms with Crippen LogP contribution in [-0.4, -0.2) is 24.2 Å². The van der Waals surface area contributed by atoms with Crippen LogP contribution in [0.1, 0.15) is 5.76 Å². The van der Waals surface area contributed by atoms with E-state index in [0.29, 0.717) is 5.76 Å². The zero-order chi connectivity index (χ0) is 13.0. The maximum atomic E-state index is 11.3. The Kier molecular flexibility index (Phi) is 4.17. The summed E-state index contributed by atoms with van der Waals surface area (Å²) in [6.07, 6.45) is 2.98.